The predicted molar refractivity (Wildman–Crippen MR) is 74.7 cm³/mol. The molecule has 2 heterocycles. The third-order valence-corrected chi connectivity index (χ3v) is 3.78. The van der Waals surface area contributed by atoms with E-state index in [1.807, 2.05) is 25.1 Å². The molecule has 0 aliphatic carbocycles. The van der Waals surface area contributed by atoms with Crippen LogP contribution in [0, 0.1) is 0 Å². The Hall–Kier alpha value is -1.66. The zero-order valence-corrected chi connectivity index (χ0v) is 12.0. The van der Waals surface area contributed by atoms with Crippen molar-refractivity contribution in [2.24, 2.45) is 0 Å². The smallest absolute Gasteiger partial charge is 0.351 e. The molecule has 5 nitrogen and oxygen atoms in total. The molecule has 0 aliphatic heterocycles. The molecule has 2 rings (SSSR count). The molecular formula is C12H12ClN3O2S. The highest BCUT2D eigenvalue weighted by molar-refractivity contribution is 7.18. The summed E-state index contributed by atoms with van der Waals surface area (Å²) in [5, 5.41) is 3.86. The second-order valence-corrected chi connectivity index (χ2v) is 5.11. The zero-order chi connectivity index (χ0) is 13.8. The van der Waals surface area contributed by atoms with Crippen molar-refractivity contribution in [3.8, 4) is 0 Å². The molecule has 0 amide bonds. The number of thiazole rings is 1. The largest absolute Gasteiger partial charge is 0.465 e. The second kappa shape index (κ2) is 5.99. The standard InChI is InChI=1S/C12H12ClN3O2S/c1-7(8-5-3-4-6-14-8)15-12-16-10(13)9(19-12)11(17)18-2/h3-7H,1-2H3,(H,15,16). The van der Waals surface area contributed by atoms with Gasteiger partial charge in [-0.05, 0) is 19.1 Å². The Bertz CT molecular complexity index is 574. The summed E-state index contributed by atoms with van der Waals surface area (Å²) < 4.78 is 4.63. The SMILES string of the molecule is COC(=O)c1sc(NC(C)c2ccccn2)nc1Cl. The van der Waals surface area contributed by atoms with Crippen molar-refractivity contribution in [1.29, 1.82) is 0 Å². The summed E-state index contributed by atoms with van der Waals surface area (Å²) in [7, 11) is 1.31. The monoisotopic (exact) mass is 297 g/mol. The highest BCUT2D eigenvalue weighted by Crippen LogP contribution is 2.29. The minimum absolute atomic E-state index is 0.0334. The number of halogens is 1. The fraction of sp³-hybridized carbons (Fsp3) is 0.250. The van der Waals surface area contributed by atoms with Gasteiger partial charge in [-0.1, -0.05) is 29.0 Å². The van der Waals surface area contributed by atoms with Crippen molar-refractivity contribution in [3.63, 3.8) is 0 Å². The highest BCUT2D eigenvalue weighted by atomic mass is 35.5. The maximum Gasteiger partial charge on any atom is 0.351 e. The lowest BCUT2D eigenvalue weighted by molar-refractivity contribution is 0.0606. The molecule has 2 aromatic heterocycles. The number of ether oxygens (including phenoxy) is 1. The first-order valence-corrected chi connectivity index (χ1v) is 6.73. The highest BCUT2D eigenvalue weighted by Gasteiger charge is 2.18. The maximum atomic E-state index is 11.4. The van der Waals surface area contributed by atoms with E-state index in [9.17, 15) is 4.79 Å². The number of nitrogens with zero attached hydrogens (tertiary/aromatic N) is 2. The first kappa shape index (κ1) is 13.8. The molecule has 0 aromatic carbocycles. The zero-order valence-electron chi connectivity index (χ0n) is 10.4. The Labute approximate surface area is 119 Å². The molecule has 0 bridgehead atoms. The quantitative estimate of drug-likeness (QED) is 0.878. The number of aromatic nitrogens is 2. The Balaban J connectivity index is 2.14. The van der Waals surface area contributed by atoms with Gasteiger partial charge in [0.1, 0.15) is 0 Å². The van der Waals surface area contributed by atoms with E-state index in [-0.39, 0.29) is 11.2 Å². The van der Waals surface area contributed by atoms with Crippen molar-refractivity contribution in [2.75, 3.05) is 12.4 Å². The lowest BCUT2D eigenvalue weighted by atomic mass is 10.2. The lowest BCUT2D eigenvalue weighted by Crippen LogP contribution is -2.07. The number of anilines is 1. The molecular weight excluding hydrogens is 286 g/mol. The Morgan fingerprint density at radius 3 is 2.95 bits per heavy atom. The summed E-state index contributed by atoms with van der Waals surface area (Å²) >= 11 is 7.05. The van der Waals surface area contributed by atoms with E-state index in [1.165, 1.54) is 7.11 Å². The van der Waals surface area contributed by atoms with Crippen molar-refractivity contribution in [1.82, 2.24) is 9.97 Å². The van der Waals surface area contributed by atoms with Crippen molar-refractivity contribution < 1.29 is 9.53 Å². The number of hydrogen-bond acceptors (Lipinski definition) is 6. The average Bonchev–Trinajstić information content (AvgIpc) is 2.79. The third-order valence-electron chi connectivity index (χ3n) is 2.43. The van der Waals surface area contributed by atoms with E-state index >= 15 is 0 Å². The van der Waals surface area contributed by atoms with Gasteiger partial charge in [-0.15, -0.1) is 0 Å². The van der Waals surface area contributed by atoms with Crippen LogP contribution in [0.5, 0.6) is 0 Å². The van der Waals surface area contributed by atoms with Gasteiger partial charge >= 0.3 is 5.97 Å². The second-order valence-electron chi connectivity index (χ2n) is 3.75. The number of hydrogen-bond donors (Lipinski definition) is 1. The number of carbonyl (C=O) groups is 1. The molecule has 0 spiro atoms. The number of carbonyl (C=O) groups excluding carboxylic acids is 1. The first-order chi connectivity index (χ1) is 9.11. The molecule has 0 aliphatic rings. The lowest BCUT2D eigenvalue weighted by Gasteiger charge is -2.11. The van der Waals surface area contributed by atoms with Gasteiger partial charge in [0.2, 0.25) is 0 Å². The molecule has 19 heavy (non-hydrogen) atoms. The average molecular weight is 298 g/mol. The Kier molecular flexibility index (Phi) is 4.34. The first-order valence-electron chi connectivity index (χ1n) is 5.54. The summed E-state index contributed by atoms with van der Waals surface area (Å²) in [6.45, 7) is 1.95. The predicted octanol–water partition coefficient (Wildman–Crippen LogP) is 3.15. The molecule has 1 N–H and O–H groups in total. The number of nitrogens with one attached hydrogen (secondary N) is 1. The van der Waals surface area contributed by atoms with Crippen LogP contribution in [-0.2, 0) is 4.74 Å². The molecule has 0 radical (unpaired) electrons. The molecule has 100 valence electrons. The minimum Gasteiger partial charge on any atom is -0.465 e. The van der Waals surface area contributed by atoms with Gasteiger partial charge < -0.3 is 10.1 Å². The van der Waals surface area contributed by atoms with Crippen LogP contribution in [0.2, 0.25) is 5.15 Å². The number of rotatable bonds is 4. The fourth-order valence-corrected chi connectivity index (χ4v) is 2.66. The van der Waals surface area contributed by atoms with E-state index in [4.69, 9.17) is 11.6 Å². The molecule has 0 fully saturated rings. The Morgan fingerprint density at radius 1 is 1.53 bits per heavy atom. The van der Waals surface area contributed by atoms with Crippen LogP contribution in [0.4, 0.5) is 5.13 Å². The molecule has 2 aromatic rings. The summed E-state index contributed by atoms with van der Waals surface area (Å²) in [6.07, 6.45) is 1.72. The van der Waals surface area contributed by atoms with Gasteiger partial charge in [0.25, 0.3) is 0 Å². The van der Waals surface area contributed by atoms with Gasteiger partial charge in [0, 0.05) is 6.20 Å². The van der Waals surface area contributed by atoms with E-state index in [0.717, 1.165) is 17.0 Å². The van der Waals surface area contributed by atoms with Gasteiger partial charge in [-0.25, -0.2) is 9.78 Å². The van der Waals surface area contributed by atoms with Gasteiger partial charge in [-0.2, -0.15) is 0 Å². The Morgan fingerprint density at radius 2 is 2.32 bits per heavy atom. The van der Waals surface area contributed by atoms with E-state index < -0.39 is 5.97 Å². The van der Waals surface area contributed by atoms with Crippen molar-refractivity contribution in [2.45, 2.75) is 13.0 Å². The molecule has 7 heteroatoms. The van der Waals surface area contributed by atoms with Crippen LogP contribution in [0.3, 0.4) is 0 Å². The van der Waals surface area contributed by atoms with E-state index in [2.05, 4.69) is 20.0 Å². The normalized spacial score (nSPS) is 11.9. The topological polar surface area (TPSA) is 64.1 Å². The maximum absolute atomic E-state index is 11.4. The number of pyridine rings is 1. The van der Waals surface area contributed by atoms with Crippen LogP contribution in [0.15, 0.2) is 24.4 Å². The van der Waals surface area contributed by atoms with Crippen LogP contribution in [0.1, 0.15) is 28.3 Å². The van der Waals surface area contributed by atoms with Crippen LogP contribution in [-0.4, -0.2) is 23.0 Å². The number of esters is 1. The van der Waals surface area contributed by atoms with Gasteiger partial charge in [-0.3, -0.25) is 4.98 Å². The van der Waals surface area contributed by atoms with E-state index in [1.54, 1.807) is 6.20 Å². The van der Waals surface area contributed by atoms with Crippen LogP contribution < -0.4 is 5.32 Å². The molecule has 1 unspecified atom stereocenters. The minimum atomic E-state index is -0.485. The summed E-state index contributed by atoms with van der Waals surface area (Å²) in [5.41, 5.74) is 0.883. The summed E-state index contributed by atoms with van der Waals surface area (Å²) in [5.74, 6) is -0.485. The summed E-state index contributed by atoms with van der Waals surface area (Å²) in [4.78, 5) is 20.1. The fourth-order valence-electron chi connectivity index (χ4n) is 1.47. The number of methoxy groups -OCH3 is 1. The van der Waals surface area contributed by atoms with Crippen LogP contribution >= 0.6 is 22.9 Å². The molecule has 0 saturated heterocycles. The van der Waals surface area contributed by atoms with Crippen LogP contribution in [0.25, 0.3) is 0 Å². The van der Waals surface area contributed by atoms with Crippen molar-refractivity contribution >= 4 is 34.0 Å². The van der Waals surface area contributed by atoms with Gasteiger partial charge in [0.05, 0.1) is 18.8 Å². The van der Waals surface area contributed by atoms with Crippen molar-refractivity contribution in [3.05, 3.63) is 40.1 Å². The summed E-state index contributed by atoms with van der Waals surface area (Å²) in [6, 6.07) is 5.64. The molecule has 1 atom stereocenters. The third kappa shape index (κ3) is 3.21. The van der Waals surface area contributed by atoms with Gasteiger partial charge in [0.15, 0.2) is 15.2 Å². The molecule has 0 saturated carbocycles. The van der Waals surface area contributed by atoms with E-state index in [0.29, 0.717) is 10.0 Å².